The maximum Gasteiger partial charge on any atom is 0.272 e. The normalized spacial score (nSPS) is 24.1. The average molecular weight is 547 g/mol. The second-order valence-corrected chi connectivity index (χ2v) is 10.8. The Morgan fingerprint density at radius 2 is 1.68 bits per heavy atom. The van der Waals surface area contributed by atoms with E-state index in [4.69, 9.17) is 11.6 Å². The lowest BCUT2D eigenvalue weighted by Crippen LogP contribution is -2.54. The molecule has 0 saturated carbocycles. The molecule has 1 aromatic heterocycles. The number of hydrazone groups is 1. The topological polar surface area (TPSA) is 91.7 Å². The van der Waals surface area contributed by atoms with Crippen LogP contribution in [-0.4, -0.2) is 28.9 Å². The van der Waals surface area contributed by atoms with E-state index in [1.54, 1.807) is 36.7 Å². The summed E-state index contributed by atoms with van der Waals surface area (Å²) < 4.78 is 0. The van der Waals surface area contributed by atoms with E-state index in [1.165, 1.54) is 11.1 Å². The first-order chi connectivity index (χ1) is 19.4. The fourth-order valence-corrected chi connectivity index (χ4v) is 6.95. The van der Waals surface area contributed by atoms with Crippen LogP contribution in [0.4, 0.5) is 5.69 Å². The van der Waals surface area contributed by atoms with E-state index in [0.29, 0.717) is 16.3 Å². The van der Waals surface area contributed by atoms with E-state index in [2.05, 4.69) is 15.5 Å². The summed E-state index contributed by atoms with van der Waals surface area (Å²) in [5.74, 6) is -2.69. The van der Waals surface area contributed by atoms with Crippen LogP contribution in [0.1, 0.15) is 44.1 Å². The Bertz CT molecular complexity index is 1700. The molecular weight excluding hydrogens is 524 g/mol. The van der Waals surface area contributed by atoms with Gasteiger partial charge in [-0.3, -0.25) is 19.4 Å². The van der Waals surface area contributed by atoms with E-state index in [9.17, 15) is 14.4 Å². The monoisotopic (exact) mass is 546 g/mol. The number of carbonyl (C=O) groups excluding carboxylic acids is 3. The first-order valence-corrected chi connectivity index (χ1v) is 13.4. The van der Waals surface area contributed by atoms with Crippen LogP contribution in [-0.2, 0) is 15.0 Å². The van der Waals surface area contributed by atoms with E-state index in [-0.39, 0.29) is 17.7 Å². The number of anilines is 1. The maximum absolute atomic E-state index is 14.4. The van der Waals surface area contributed by atoms with Gasteiger partial charge in [0.2, 0.25) is 11.8 Å². The van der Waals surface area contributed by atoms with Gasteiger partial charge in [0, 0.05) is 29.5 Å². The standard InChI is InChI=1S/C32H23ClN4O3/c1-18-12-13-20(15-25(18)33)37-30(39)27-26-21-8-2-4-10-23(21)32(28(27)31(37)40,24-11-5-3-9-22(24)26)17-35-36-29(38)19-7-6-14-34-16-19/h2-17,26-28H,1H3,(H,36,38)/b35-17-/t26?,27-,28-,32?/m0/s1. The molecular formula is C32H23ClN4O3. The van der Waals surface area contributed by atoms with Gasteiger partial charge in [0.15, 0.2) is 0 Å². The number of nitrogens with zero attached hydrogens (tertiary/aromatic N) is 3. The lowest BCUT2D eigenvalue weighted by molar-refractivity contribution is -0.122. The maximum atomic E-state index is 14.4. The second kappa shape index (κ2) is 8.96. The Hall–Kier alpha value is -4.62. The summed E-state index contributed by atoms with van der Waals surface area (Å²) in [5.41, 5.74) is 6.98. The molecule has 0 spiro atoms. The molecule has 8 rings (SSSR count). The van der Waals surface area contributed by atoms with Crippen LogP contribution in [0, 0.1) is 18.8 Å². The third-order valence-corrected chi connectivity index (χ3v) is 8.86. The van der Waals surface area contributed by atoms with Gasteiger partial charge in [-0.25, -0.2) is 10.3 Å². The van der Waals surface area contributed by atoms with Crippen LogP contribution in [0.2, 0.25) is 5.02 Å². The van der Waals surface area contributed by atoms with Crippen LogP contribution in [0.5, 0.6) is 0 Å². The van der Waals surface area contributed by atoms with Gasteiger partial charge >= 0.3 is 0 Å². The van der Waals surface area contributed by atoms with Crippen molar-refractivity contribution in [3.05, 3.63) is 130 Å². The number of hydrogen-bond donors (Lipinski definition) is 1. The highest BCUT2D eigenvalue weighted by Crippen LogP contribution is 2.63. The Kier molecular flexibility index (Phi) is 5.47. The number of aryl methyl sites for hydroxylation is 1. The summed E-state index contributed by atoms with van der Waals surface area (Å²) in [4.78, 5) is 46.7. The average Bonchev–Trinajstić information content (AvgIpc) is 3.25. The van der Waals surface area contributed by atoms with Gasteiger partial charge < -0.3 is 0 Å². The van der Waals surface area contributed by atoms with E-state index < -0.39 is 23.2 Å². The van der Waals surface area contributed by atoms with Gasteiger partial charge in [-0.1, -0.05) is 66.2 Å². The molecule has 8 heteroatoms. The fraction of sp³-hybridized carbons (Fsp3) is 0.156. The highest BCUT2D eigenvalue weighted by molar-refractivity contribution is 6.32. The molecule has 2 heterocycles. The van der Waals surface area contributed by atoms with Gasteiger partial charge in [-0.2, -0.15) is 5.10 Å². The molecule has 2 atom stereocenters. The molecule has 1 aliphatic heterocycles. The number of benzene rings is 3. The number of halogens is 1. The minimum Gasteiger partial charge on any atom is -0.274 e. The van der Waals surface area contributed by atoms with Crippen LogP contribution in [0.15, 0.2) is 96.4 Å². The third kappa shape index (κ3) is 3.27. The van der Waals surface area contributed by atoms with Crippen molar-refractivity contribution in [2.45, 2.75) is 18.3 Å². The summed E-state index contributed by atoms with van der Waals surface area (Å²) in [6, 6.07) is 24.3. The fourth-order valence-electron chi connectivity index (χ4n) is 6.78. The van der Waals surface area contributed by atoms with Crippen molar-refractivity contribution in [3.63, 3.8) is 0 Å². The zero-order chi connectivity index (χ0) is 27.6. The zero-order valence-electron chi connectivity index (χ0n) is 21.4. The molecule has 4 aromatic rings. The Balaban J connectivity index is 1.41. The van der Waals surface area contributed by atoms with Crippen LogP contribution in [0.25, 0.3) is 0 Å². The van der Waals surface area contributed by atoms with Crippen LogP contribution < -0.4 is 10.3 Å². The molecule has 1 fully saturated rings. The lowest BCUT2D eigenvalue weighted by atomic mass is 9.47. The van der Waals surface area contributed by atoms with E-state index >= 15 is 0 Å². The highest BCUT2D eigenvalue weighted by Gasteiger charge is 2.68. The molecule has 2 bridgehead atoms. The van der Waals surface area contributed by atoms with Crippen molar-refractivity contribution in [1.29, 1.82) is 0 Å². The quantitative estimate of drug-likeness (QED) is 0.221. The second-order valence-electron chi connectivity index (χ2n) is 10.4. The van der Waals surface area contributed by atoms with Gasteiger partial charge in [0.25, 0.3) is 5.91 Å². The van der Waals surface area contributed by atoms with E-state index in [0.717, 1.165) is 27.8 Å². The number of nitrogens with one attached hydrogen (secondary N) is 1. The number of rotatable bonds is 4. The van der Waals surface area contributed by atoms with Crippen molar-refractivity contribution in [3.8, 4) is 0 Å². The summed E-state index contributed by atoms with van der Waals surface area (Å²) in [5, 5.41) is 4.91. The summed E-state index contributed by atoms with van der Waals surface area (Å²) >= 11 is 6.42. The van der Waals surface area contributed by atoms with Crippen molar-refractivity contribution >= 4 is 41.2 Å². The Morgan fingerprint density at radius 1 is 0.975 bits per heavy atom. The van der Waals surface area contributed by atoms with Crippen LogP contribution in [0.3, 0.4) is 0 Å². The summed E-state index contributed by atoms with van der Waals surface area (Å²) in [6.45, 7) is 1.87. The van der Waals surface area contributed by atoms with E-state index in [1.807, 2.05) is 61.5 Å². The first-order valence-electron chi connectivity index (χ1n) is 13.0. The molecule has 3 aliphatic carbocycles. The van der Waals surface area contributed by atoms with Gasteiger partial charge in [-0.05, 0) is 59.0 Å². The van der Waals surface area contributed by atoms with Crippen molar-refractivity contribution in [2.24, 2.45) is 16.9 Å². The molecule has 0 radical (unpaired) electrons. The molecule has 3 aromatic carbocycles. The molecule has 1 N–H and O–H groups in total. The molecule has 0 unspecified atom stereocenters. The predicted molar refractivity (Wildman–Crippen MR) is 151 cm³/mol. The molecule has 1 saturated heterocycles. The number of pyridine rings is 1. The van der Waals surface area contributed by atoms with Crippen molar-refractivity contribution < 1.29 is 14.4 Å². The number of carbonyl (C=O) groups is 3. The SMILES string of the molecule is Cc1ccc(N2C(=O)[C@@H]3[C@@H](C2=O)C2c4ccccc4C3(/C=N\NC(=O)c3cccnc3)c3ccccc32)cc1Cl. The smallest absolute Gasteiger partial charge is 0.272 e. The lowest BCUT2D eigenvalue weighted by Gasteiger charge is -2.52. The summed E-state index contributed by atoms with van der Waals surface area (Å²) in [7, 11) is 0. The molecule has 7 nitrogen and oxygen atoms in total. The number of aromatic nitrogens is 1. The minimum atomic E-state index is -1.08. The summed E-state index contributed by atoms with van der Waals surface area (Å²) in [6.07, 6.45) is 4.69. The van der Waals surface area contributed by atoms with Gasteiger partial charge in [0.1, 0.15) is 0 Å². The molecule has 3 amide bonds. The molecule has 4 aliphatic rings. The first kappa shape index (κ1) is 24.4. The highest BCUT2D eigenvalue weighted by atomic mass is 35.5. The number of imide groups is 1. The van der Waals surface area contributed by atoms with Gasteiger partial charge in [-0.15, -0.1) is 0 Å². The van der Waals surface area contributed by atoms with Crippen molar-refractivity contribution in [1.82, 2.24) is 10.4 Å². The molecule has 40 heavy (non-hydrogen) atoms. The Morgan fingerprint density at radius 3 is 2.33 bits per heavy atom. The van der Waals surface area contributed by atoms with Crippen molar-refractivity contribution in [2.75, 3.05) is 4.90 Å². The minimum absolute atomic E-state index is 0.263. The predicted octanol–water partition coefficient (Wildman–Crippen LogP) is 5.01. The largest absolute Gasteiger partial charge is 0.274 e. The zero-order valence-corrected chi connectivity index (χ0v) is 22.2. The number of hydrogen-bond acceptors (Lipinski definition) is 5. The van der Waals surface area contributed by atoms with Gasteiger partial charge in [0.05, 0.1) is 28.5 Å². The number of amides is 3. The molecule has 196 valence electrons. The Labute approximate surface area is 235 Å². The van der Waals surface area contributed by atoms with Crippen LogP contribution >= 0.6 is 11.6 Å². The third-order valence-electron chi connectivity index (χ3n) is 8.46.